The van der Waals surface area contributed by atoms with Crippen molar-refractivity contribution < 1.29 is 18.0 Å². The zero-order valence-electron chi connectivity index (χ0n) is 18.8. The predicted octanol–water partition coefficient (Wildman–Crippen LogP) is 0.811. The average molecular weight is 475 g/mol. The molecule has 2 bridgehead atoms. The summed E-state index contributed by atoms with van der Waals surface area (Å²) in [6.45, 7) is 5.85. The topological polar surface area (TPSA) is 152 Å². The zero-order chi connectivity index (χ0) is 24.3. The van der Waals surface area contributed by atoms with Gasteiger partial charge >= 0.3 is 10.5 Å². The van der Waals surface area contributed by atoms with Crippen LogP contribution in [0.15, 0.2) is 24.3 Å². The molecule has 0 unspecified atom stereocenters. The molecule has 3 N–H and O–H groups in total. The second-order valence-corrected chi connectivity index (χ2v) is 9.32. The van der Waals surface area contributed by atoms with Crippen LogP contribution < -0.4 is 5.73 Å². The normalized spacial score (nSPS) is 25.9. The van der Waals surface area contributed by atoms with Crippen LogP contribution in [0, 0.1) is 23.0 Å². The highest BCUT2D eigenvalue weighted by Crippen LogP contribution is 2.38. The first kappa shape index (κ1) is 24.8. The molecule has 11 heteroatoms. The number of aryl methyl sites for hydroxylation is 1. The number of hydrogen-bond acceptors (Lipinski definition) is 8. The molecule has 2 amide bonds. The van der Waals surface area contributed by atoms with E-state index < -0.39 is 16.5 Å². The number of nitrogens with two attached hydrogens (primary N) is 1. The van der Waals surface area contributed by atoms with E-state index in [4.69, 9.17) is 18.9 Å². The Labute approximate surface area is 195 Å². The molecule has 0 spiro atoms. The van der Waals surface area contributed by atoms with Gasteiger partial charge in [-0.25, -0.2) is 0 Å². The third-order valence-electron chi connectivity index (χ3n) is 6.72. The van der Waals surface area contributed by atoms with Crippen LogP contribution in [0.25, 0.3) is 0 Å². The number of fused-ring (bicyclic) bond motifs is 2. The Morgan fingerprint density at radius 2 is 1.97 bits per heavy atom. The standard InChI is InChI=1S/C22H29N5O2.HNO2S/c1-14-5-7-16(8-6-14)15(2)27-18-10-20(22(27)29)25(12-18)13-19(24)21(28)26-9-3-4-17(26)11-23;1-4(2)3/h5-8,15,17-20H,3-4,9-10,12-13,24H2,1-2H3;1H/t15-,17-,18-,19-,20-;/m0./s1. The highest BCUT2D eigenvalue weighted by atomic mass is 32.2. The van der Waals surface area contributed by atoms with Crippen molar-refractivity contribution in [1.29, 1.82) is 10.0 Å². The summed E-state index contributed by atoms with van der Waals surface area (Å²) in [7, 11) is -2.61. The first-order chi connectivity index (χ1) is 15.6. The monoisotopic (exact) mass is 474 g/mol. The number of nitrogens with one attached hydrogen (secondary N) is 1. The lowest BCUT2D eigenvalue weighted by atomic mass is 10.0. The van der Waals surface area contributed by atoms with Gasteiger partial charge in [0.15, 0.2) is 0 Å². The summed E-state index contributed by atoms with van der Waals surface area (Å²) in [4.78, 5) is 31.4. The van der Waals surface area contributed by atoms with Crippen molar-refractivity contribution in [2.75, 3.05) is 19.6 Å². The van der Waals surface area contributed by atoms with Crippen molar-refractivity contribution in [3.8, 4) is 6.07 Å². The molecule has 10 nitrogen and oxygen atoms in total. The van der Waals surface area contributed by atoms with Crippen molar-refractivity contribution >= 4 is 22.3 Å². The van der Waals surface area contributed by atoms with Gasteiger partial charge in [-0.15, -0.1) is 0 Å². The van der Waals surface area contributed by atoms with Crippen LogP contribution in [-0.2, 0) is 20.1 Å². The minimum Gasteiger partial charge on any atom is -0.330 e. The van der Waals surface area contributed by atoms with Gasteiger partial charge < -0.3 is 15.5 Å². The average Bonchev–Trinajstić information content (AvgIpc) is 3.47. The Hall–Kier alpha value is -2.81. The van der Waals surface area contributed by atoms with Gasteiger partial charge in [-0.3, -0.25) is 14.5 Å². The molecular weight excluding hydrogens is 444 g/mol. The van der Waals surface area contributed by atoms with Crippen LogP contribution in [0.2, 0.25) is 0 Å². The Bertz CT molecular complexity index is 1030. The summed E-state index contributed by atoms with van der Waals surface area (Å²) in [5.41, 5.74) is 8.55. The van der Waals surface area contributed by atoms with Crippen molar-refractivity contribution in [2.24, 2.45) is 5.73 Å². The maximum atomic E-state index is 13.1. The molecule has 3 fully saturated rings. The fourth-order valence-corrected chi connectivity index (χ4v) is 5.11. The molecule has 0 saturated carbocycles. The highest BCUT2D eigenvalue weighted by molar-refractivity contribution is 7.60. The zero-order valence-corrected chi connectivity index (χ0v) is 19.7. The smallest absolute Gasteiger partial charge is 0.308 e. The number of carbonyl (C=O) groups is 2. The number of hydrogen-bond donors (Lipinski definition) is 2. The predicted molar refractivity (Wildman–Crippen MR) is 120 cm³/mol. The van der Waals surface area contributed by atoms with Gasteiger partial charge in [0.2, 0.25) is 11.8 Å². The van der Waals surface area contributed by atoms with Crippen molar-refractivity contribution in [3.05, 3.63) is 35.4 Å². The van der Waals surface area contributed by atoms with Crippen LogP contribution in [0.5, 0.6) is 0 Å². The largest absolute Gasteiger partial charge is 0.330 e. The first-order valence-electron chi connectivity index (χ1n) is 11.0. The van der Waals surface area contributed by atoms with Gasteiger partial charge in [0.05, 0.1) is 24.2 Å². The number of amides is 2. The van der Waals surface area contributed by atoms with Gasteiger partial charge in [-0.1, -0.05) is 29.8 Å². The molecule has 0 aromatic heterocycles. The molecule has 1 aromatic rings. The number of nitriles is 1. The summed E-state index contributed by atoms with van der Waals surface area (Å²) in [5.74, 6) is -0.0424. The first-order valence-corrected chi connectivity index (χ1v) is 12.1. The van der Waals surface area contributed by atoms with Crippen LogP contribution in [0.4, 0.5) is 0 Å². The number of benzene rings is 1. The molecule has 4 rings (SSSR count). The van der Waals surface area contributed by atoms with Crippen LogP contribution in [-0.4, -0.2) is 78.7 Å². The summed E-state index contributed by atoms with van der Waals surface area (Å²) in [6, 6.07) is 9.47. The summed E-state index contributed by atoms with van der Waals surface area (Å²) >= 11 is 0. The number of carbonyl (C=O) groups excluding carboxylic acids is 2. The van der Waals surface area contributed by atoms with E-state index in [2.05, 4.69) is 49.1 Å². The molecule has 3 aliphatic heterocycles. The second-order valence-electron chi connectivity index (χ2n) is 8.85. The quantitative estimate of drug-likeness (QED) is 0.640. The molecule has 3 heterocycles. The van der Waals surface area contributed by atoms with E-state index in [1.165, 1.54) is 5.56 Å². The Morgan fingerprint density at radius 1 is 1.33 bits per heavy atom. The van der Waals surface area contributed by atoms with Crippen molar-refractivity contribution in [2.45, 2.75) is 63.3 Å². The maximum Gasteiger partial charge on any atom is 0.308 e. The lowest BCUT2D eigenvalue weighted by Gasteiger charge is -2.38. The summed E-state index contributed by atoms with van der Waals surface area (Å²) < 4.78 is 22.8. The van der Waals surface area contributed by atoms with E-state index in [0.29, 0.717) is 19.5 Å². The Kier molecular flexibility index (Phi) is 7.84. The maximum absolute atomic E-state index is 13.1. The van der Waals surface area contributed by atoms with Crippen LogP contribution >= 0.6 is 0 Å². The fourth-order valence-electron chi connectivity index (χ4n) is 5.11. The lowest BCUT2D eigenvalue weighted by molar-refractivity contribution is -0.140. The van der Waals surface area contributed by atoms with Gasteiger partial charge in [0.25, 0.3) is 0 Å². The molecule has 0 radical (unpaired) electrons. The lowest BCUT2D eigenvalue weighted by Crippen LogP contribution is -2.56. The summed E-state index contributed by atoms with van der Waals surface area (Å²) in [6.07, 6.45) is 2.35. The minimum atomic E-state index is -2.61. The second kappa shape index (κ2) is 10.4. The SMILES string of the molecule is Cc1ccc([C@H](C)N2C(=O)[C@@H]3C[C@H]2CN3C[C@H](N)C(=O)N2CCC[C@H]2C#N)cc1.N=S(=O)=O. The third kappa shape index (κ3) is 5.40. The van der Waals surface area contributed by atoms with E-state index >= 15 is 0 Å². The highest BCUT2D eigenvalue weighted by Gasteiger charge is 2.51. The molecule has 3 saturated heterocycles. The molecular formula is C22H30N6O4S. The van der Waals surface area contributed by atoms with Gasteiger partial charge in [0, 0.05) is 25.7 Å². The van der Waals surface area contributed by atoms with Gasteiger partial charge in [0.1, 0.15) is 6.04 Å². The molecule has 5 atom stereocenters. The minimum absolute atomic E-state index is 0.0385. The van der Waals surface area contributed by atoms with E-state index in [1.807, 2.05) is 4.90 Å². The molecule has 1 aromatic carbocycles. The molecule has 0 aliphatic carbocycles. The number of rotatable bonds is 5. The third-order valence-corrected chi connectivity index (χ3v) is 6.72. The van der Waals surface area contributed by atoms with Crippen molar-refractivity contribution in [1.82, 2.24) is 14.7 Å². The Balaban J connectivity index is 0.000000709. The molecule has 178 valence electrons. The van der Waals surface area contributed by atoms with Gasteiger partial charge in [-0.05, 0) is 38.7 Å². The van der Waals surface area contributed by atoms with E-state index in [0.717, 1.165) is 24.9 Å². The summed E-state index contributed by atoms with van der Waals surface area (Å²) in [5, 5.41) is 9.22. The molecule has 3 aliphatic rings. The van der Waals surface area contributed by atoms with Crippen LogP contribution in [0.3, 0.4) is 0 Å². The van der Waals surface area contributed by atoms with E-state index in [1.54, 1.807) is 4.90 Å². The number of piperazine rings is 1. The van der Waals surface area contributed by atoms with Crippen molar-refractivity contribution in [3.63, 3.8) is 0 Å². The fraction of sp³-hybridized carbons (Fsp3) is 0.591. The van der Waals surface area contributed by atoms with E-state index in [-0.39, 0.29) is 36.0 Å². The van der Waals surface area contributed by atoms with Crippen LogP contribution in [0.1, 0.15) is 43.4 Å². The van der Waals surface area contributed by atoms with E-state index in [9.17, 15) is 14.9 Å². The van der Waals surface area contributed by atoms with Gasteiger partial charge in [-0.2, -0.15) is 18.5 Å². The number of nitrogens with zero attached hydrogens (tertiary/aromatic N) is 4. The molecule has 33 heavy (non-hydrogen) atoms. The number of likely N-dealkylation sites (tertiary alicyclic amines) is 3. The Morgan fingerprint density at radius 3 is 2.55 bits per heavy atom.